The smallest absolute Gasteiger partial charge is 0.255 e. The second-order valence-electron chi connectivity index (χ2n) is 5.81. The predicted molar refractivity (Wildman–Crippen MR) is 86.2 cm³/mol. The molecule has 1 aliphatic rings. The number of carbonyl (C=O) groups excluding carboxylic acids is 1. The molecule has 7 heteroatoms. The number of hydrogen-bond donors (Lipinski definition) is 2. The first-order valence-electron chi connectivity index (χ1n) is 7.65. The lowest BCUT2D eigenvalue weighted by Crippen LogP contribution is -2.47. The minimum atomic E-state index is -0.936. The minimum absolute atomic E-state index is 0.202. The number of halogens is 1. The molecule has 126 valence electrons. The quantitative estimate of drug-likeness (QED) is 0.840. The Balaban J connectivity index is 1.93. The average molecular weight is 331 g/mol. The molecule has 0 fully saturated rings. The molecule has 0 aliphatic carbocycles. The highest BCUT2D eigenvalue weighted by atomic mass is 19.1. The van der Waals surface area contributed by atoms with Crippen LogP contribution >= 0.6 is 0 Å². The van der Waals surface area contributed by atoms with Crippen molar-refractivity contribution in [1.82, 2.24) is 9.47 Å². The van der Waals surface area contributed by atoms with E-state index in [0.717, 1.165) is 11.1 Å². The van der Waals surface area contributed by atoms with E-state index >= 15 is 0 Å². The molecule has 0 spiro atoms. The van der Waals surface area contributed by atoms with Crippen LogP contribution in [0.15, 0.2) is 41.3 Å². The molecule has 0 saturated carbocycles. The highest BCUT2D eigenvalue weighted by Gasteiger charge is 2.25. The number of aromatic nitrogens is 1. The number of carbonyl (C=O) groups is 1. The number of aliphatic hydroxyl groups is 1. The molecule has 1 aromatic carbocycles. The Bertz CT molecular complexity index is 817. The molecule has 2 heterocycles. The summed E-state index contributed by atoms with van der Waals surface area (Å²) < 4.78 is 14.5. The van der Waals surface area contributed by atoms with Crippen molar-refractivity contribution >= 4 is 5.91 Å². The summed E-state index contributed by atoms with van der Waals surface area (Å²) in [5.41, 5.74) is 7.67. The third kappa shape index (κ3) is 3.08. The molecular formula is C17H18FN3O3. The topological polar surface area (TPSA) is 88.6 Å². The van der Waals surface area contributed by atoms with E-state index in [0.29, 0.717) is 25.2 Å². The van der Waals surface area contributed by atoms with E-state index in [1.807, 2.05) is 0 Å². The lowest BCUT2D eigenvalue weighted by atomic mass is 10.0. The summed E-state index contributed by atoms with van der Waals surface area (Å²) in [6, 6.07) is 6.24. The van der Waals surface area contributed by atoms with E-state index in [-0.39, 0.29) is 17.3 Å². The van der Waals surface area contributed by atoms with Gasteiger partial charge in [-0.15, -0.1) is 0 Å². The Hall–Kier alpha value is -2.51. The lowest BCUT2D eigenvalue weighted by Gasteiger charge is -2.30. The van der Waals surface area contributed by atoms with Crippen molar-refractivity contribution in [3.05, 3.63) is 63.8 Å². The van der Waals surface area contributed by atoms with Gasteiger partial charge in [-0.05, 0) is 41.8 Å². The maximum Gasteiger partial charge on any atom is 0.255 e. The van der Waals surface area contributed by atoms with Crippen LogP contribution in [0.25, 0.3) is 5.69 Å². The Morgan fingerprint density at radius 2 is 2.00 bits per heavy atom. The first-order valence-corrected chi connectivity index (χ1v) is 7.65. The molecule has 6 nitrogen and oxygen atoms in total. The molecule has 0 saturated heterocycles. The van der Waals surface area contributed by atoms with Gasteiger partial charge < -0.3 is 15.7 Å². The van der Waals surface area contributed by atoms with Crippen LogP contribution < -0.4 is 11.3 Å². The Labute approximate surface area is 137 Å². The largest absolute Gasteiger partial charge is 0.394 e. The fourth-order valence-corrected chi connectivity index (χ4v) is 2.83. The van der Waals surface area contributed by atoms with Crippen LogP contribution in [0, 0.1) is 5.82 Å². The third-order valence-corrected chi connectivity index (χ3v) is 4.18. The number of pyridine rings is 1. The normalized spacial score (nSPS) is 15.0. The highest BCUT2D eigenvalue weighted by Crippen LogP contribution is 2.19. The van der Waals surface area contributed by atoms with Gasteiger partial charge >= 0.3 is 0 Å². The Kier molecular flexibility index (Phi) is 4.46. The second kappa shape index (κ2) is 6.54. The maximum absolute atomic E-state index is 13.1. The van der Waals surface area contributed by atoms with Crippen molar-refractivity contribution in [2.75, 3.05) is 13.2 Å². The first kappa shape index (κ1) is 16.4. The third-order valence-electron chi connectivity index (χ3n) is 4.18. The van der Waals surface area contributed by atoms with Crippen molar-refractivity contribution < 1.29 is 14.3 Å². The van der Waals surface area contributed by atoms with Gasteiger partial charge in [0.2, 0.25) is 5.91 Å². The minimum Gasteiger partial charge on any atom is -0.394 e. The Morgan fingerprint density at radius 3 is 2.67 bits per heavy atom. The van der Waals surface area contributed by atoms with E-state index in [1.54, 1.807) is 17.2 Å². The summed E-state index contributed by atoms with van der Waals surface area (Å²) in [4.78, 5) is 26.0. The molecule has 2 aromatic rings. The molecule has 0 bridgehead atoms. The van der Waals surface area contributed by atoms with E-state index in [1.165, 1.54) is 28.8 Å². The standard InChI is InChI=1S/C17H18FN3O3/c18-13-1-3-14(4-2-13)21-9-12-8-20(17(24)15(19)10-22)6-5-11(12)7-16(21)23/h1-4,7,9,15,22H,5-6,8,10,19H2/t15-/m0/s1. The van der Waals surface area contributed by atoms with Gasteiger partial charge in [0.1, 0.15) is 11.9 Å². The summed E-state index contributed by atoms with van der Waals surface area (Å²) in [6.45, 7) is 0.375. The van der Waals surface area contributed by atoms with Gasteiger partial charge in [-0.1, -0.05) is 0 Å². The number of nitrogens with two attached hydrogens (primary N) is 1. The van der Waals surface area contributed by atoms with Gasteiger partial charge in [0.05, 0.1) is 6.61 Å². The molecule has 24 heavy (non-hydrogen) atoms. The van der Waals surface area contributed by atoms with E-state index in [2.05, 4.69) is 0 Å². The monoisotopic (exact) mass is 331 g/mol. The zero-order chi connectivity index (χ0) is 17.3. The summed E-state index contributed by atoms with van der Waals surface area (Å²) in [6.07, 6.45) is 2.23. The van der Waals surface area contributed by atoms with Crippen molar-refractivity contribution in [3.63, 3.8) is 0 Å². The Morgan fingerprint density at radius 1 is 1.29 bits per heavy atom. The number of rotatable bonds is 3. The van der Waals surface area contributed by atoms with Crippen molar-refractivity contribution in [2.45, 2.75) is 19.0 Å². The van der Waals surface area contributed by atoms with Crippen LogP contribution in [-0.4, -0.2) is 39.7 Å². The van der Waals surface area contributed by atoms with E-state index in [4.69, 9.17) is 10.8 Å². The maximum atomic E-state index is 13.1. The number of nitrogens with zero attached hydrogens (tertiary/aromatic N) is 2. The van der Waals surface area contributed by atoms with Crippen molar-refractivity contribution in [1.29, 1.82) is 0 Å². The molecule has 3 N–H and O–H groups in total. The number of benzene rings is 1. The van der Waals surface area contributed by atoms with Gasteiger partial charge in [-0.3, -0.25) is 14.2 Å². The number of fused-ring (bicyclic) bond motifs is 1. The summed E-state index contributed by atoms with van der Waals surface area (Å²) in [7, 11) is 0. The highest BCUT2D eigenvalue weighted by molar-refractivity contribution is 5.82. The van der Waals surface area contributed by atoms with Crippen LogP contribution in [0.3, 0.4) is 0 Å². The van der Waals surface area contributed by atoms with Crippen LogP contribution in [0.2, 0.25) is 0 Å². The fourth-order valence-electron chi connectivity index (χ4n) is 2.83. The average Bonchev–Trinajstić information content (AvgIpc) is 2.60. The van der Waals surface area contributed by atoms with Crippen LogP contribution in [-0.2, 0) is 17.8 Å². The first-order chi connectivity index (χ1) is 11.5. The molecule has 1 amide bonds. The number of hydrogen-bond acceptors (Lipinski definition) is 4. The van der Waals surface area contributed by atoms with E-state index < -0.39 is 12.6 Å². The molecule has 0 unspecified atom stereocenters. The SMILES string of the molecule is N[C@@H](CO)C(=O)N1CCc2cc(=O)n(-c3ccc(F)cc3)cc2C1. The van der Waals surface area contributed by atoms with Gasteiger partial charge in [0, 0.05) is 31.0 Å². The zero-order valence-electron chi connectivity index (χ0n) is 13.0. The molecular weight excluding hydrogens is 313 g/mol. The predicted octanol–water partition coefficient (Wildman–Crippen LogP) is 0.181. The summed E-state index contributed by atoms with van der Waals surface area (Å²) >= 11 is 0. The summed E-state index contributed by atoms with van der Waals surface area (Å²) in [5.74, 6) is -0.692. The second-order valence-corrected chi connectivity index (χ2v) is 5.81. The molecule has 1 aromatic heterocycles. The van der Waals surface area contributed by atoms with Gasteiger partial charge in [0.25, 0.3) is 5.56 Å². The van der Waals surface area contributed by atoms with Crippen molar-refractivity contribution in [2.24, 2.45) is 5.73 Å². The molecule has 3 rings (SSSR count). The van der Waals surface area contributed by atoms with Gasteiger partial charge in [-0.2, -0.15) is 0 Å². The fraction of sp³-hybridized carbons (Fsp3) is 0.294. The molecule has 1 aliphatic heterocycles. The van der Waals surface area contributed by atoms with Gasteiger partial charge in [-0.25, -0.2) is 4.39 Å². The van der Waals surface area contributed by atoms with Crippen LogP contribution in [0.1, 0.15) is 11.1 Å². The van der Waals surface area contributed by atoms with E-state index in [9.17, 15) is 14.0 Å². The number of aliphatic hydroxyl groups excluding tert-OH is 1. The zero-order valence-corrected chi connectivity index (χ0v) is 13.0. The van der Waals surface area contributed by atoms with Crippen molar-refractivity contribution in [3.8, 4) is 5.69 Å². The number of amides is 1. The lowest BCUT2D eigenvalue weighted by molar-refractivity contribution is -0.134. The molecule has 1 atom stereocenters. The van der Waals surface area contributed by atoms with Gasteiger partial charge in [0.15, 0.2) is 0 Å². The van der Waals surface area contributed by atoms with Crippen LogP contribution in [0.5, 0.6) is 0 Å². The molecule has 0 radical (unpaired) electrons. The summed E-state index contributed by atoms with van der Waals surface area (Å²) in [5, 5.41) is 9.03. The van der Waals surface area contributed by atoms with Crippen LogP contribution in [0.4, 0.5) is 4.39 Å².